The van der Waals surface area contributed by atoms with Gasteiger partial charge in [0.25, 0.3) is 0 Å². The van der Waals surface area contributed by atoms with E-state index >= 15 is 0 Å². The fraction of sp³-hybridized carbons (Fsp3) is 0. The van der Waals surface area contributed by atoms with Crippen LogP contribution in [0, 0.1) is 13.1 Å². The maximum atomic E-state index is 7.64. The van der Waals surface area contributed by atoms with Crippen LogP contribution in [0.1, 0.15) is 0 Å². The maximum Gasteiger partial charge on any atom is 0.189 e. The summed E-state index contributed by atoms with van der Waals surface area (Å²) in [6.07, 6.45) is 5.48. The van der Waals surface area contributed by atoms with Crippen molar-refractivity contribution >= 4 is 131 Å². The summed E-state index contributed by atoms with van der Waals surface area (Å²) in [6, 6.07) is 130. The van der Waals surface area contributed by atoms with E-state index in [9.17, 15) is 0 Å². The predicted octanol–water partition coefficient (Wildman–Crippen LogP) is 29.1. The average Bonchev–Trinajstić information content (AvgIpc) is 1.06. The molecule has 23 rings (SSSR count). The molecular weight excluding hydrogens is 1380 g/mol. The van der Waals surface area contributed by atoms with Gasteiger partial charge >= 0.3 is 0 Å². The summed E-state index contributed by atoms with van der Waals surface area (Å²) < 4.78 is 4.56. The summed E-state index contributed by atoms with van der Waals surface area (Å²) in [5, 5.41) is 20.9. The number of hydrogen-bond acceptors (Lipinski definition) is 3. The summed E-state index contributed by atoms with van der Waals surface area (Å²) in [7, 11) is 0. The van der Waals surface area contributed by atoms with E-state index in [4.69, 9.17) is 18.1 Å². The van der Waals surface area contributed by atoms with Crippen LogP contribution in [0.25, 0.3) is 229 Å². The average molecular weight is 1450 g/mol. The molecule has 0 N–H and O–H groups in total. The van der Waals surface area contributed by atoms with Crippen molar-refractivity contribution in [1.29, 1.82) is 0 Å². The van der Waals surface area contributed by atoms with Crippen molar-refractivity contribution in [3.63, 3.8) is 0 Å². The summed E-state index contributed by atoms with van der Waals surface area (Å²) in [4.78, 5) is 21.3. The van der Waals surface area contributed by atoms with Gasteiger partial charge in [-0.2, -0.15) is 0 Å². The second-order valence-corrected chi connectivity index (χ2v) is 29.6. The fourth-order valence-corrected chi connectivity index (χ4v) is 17.7. The van der Waals surface area contributed by atoms with Crippen molar-refractivity contribution in [2.45, 2.75) is 0 Å². The van der Waals surface area contributed by atoms with E-state index in [1.54, 1.807) is 12.4 Å². The van der Waals surface area contributed by atoms with E-state index in [1.807, 2.05) is 60.8 Å². The molecule has 0 fully saturated rings. The lowest BCUT2D eigenvalue weighted by Gasteiger charge is -2.15. The number of pyridine rings is 3. The highest BCUT2D eigenvalue weighted by atomic mass is 15.0. The predicted molar refractivity (Wildman–Crippen MR) is 476 cm³/mol. The number of fused-ring (bicyclic) bond motifs is 7. The molecule has 5 aromatic heterocycles. The van der Waals surface area contributed by atoms with Crippen molar-refractivity contribution in [2.24, 2.45) is 0 Å². The van der Waals surface area contributed by atoms with Crippen molar-refractivity contribution in [3.05, 3.63) is 405 Å². The van der Waals surface area contributed by atoms with E-state index in [1.165, 1.54) is 114 Å². The summed E-state index contributed by atoms with van der Waals surface area (Å²) in [5.74, 6) is 0. The largest absolute Gasteiger partial charge is 0.310 e. The molecule has 0 saturated heterocycles. The van der Waals surface area contributed by atoms with Gasteiger partial charge in [-0.05, 0) is 253 Å². The lowest BCUT2D eigenvalue weighted by Crippen LogP contribution is -1.93. The quantitative estimate of drug-likeness (QED) is 0.101. The number of aromatic nitrogens is 5. The standard InChI is InChI=1S/C56H33N3.C51H30N4/c1-57-47-25-27-51-50-26-24-40(33-52(50)59(53(51)34-47)48-9-3-2-4-10-48)35-12-14-36(15-13-35)45-29-41-20-22-43-31-46(32-44-23-21-42(30-45)54(41)55(43)44)37-16-18-38(19-17-37)49-11-5-7-39-8-6-28-58-56(39)49;1-52-42-19-21-45-44-20-18-35(30-48(44)55(49(45)31-42)43-6-3-2-4-7-43)32-10-12-33(13-11-32)40-26-36-14-16-38-28-41(29-39-17-15-37(27-40)50(36)51(38)39)47-9-5-8-46(54-47)34-22-24-53-25-23-34/h2-34H;2-31H. The first kappa shape index (κ1) is 65.4. The molecule has 526 valence electrons. The first-order valence-electron chi connectivity index (χ1n) is 38.4. The Bertz CT molecular complexity index is 7750. The second kappa shape index (κ2) is 26.6. The van der Waals surface area contributed by atoms with Crippen LogP contribution in [0.2, 0.25) is 0 Å². The van der Waals surface area contributed by atoms with Gasteiger partial charge in [0.1, 0.15) is 0 Å². The second-order valence-electron chi connectivity index (χ2n) is 29.6. The number of rotatable bonds is 10. The molecular formula is C107H63N7. The Kier molecular flexibility index (Phi) is 15.3. The summed E-state index contributed by atoms with van der Waals surface area (Å²) >= 11 is 0. The Balaban J connectivity index is 0.000000139. The summed E-state index contributed by atoms with van der Waals surface area (Å²) in [5.41, 5.74) is 27.0. The molecule has 0 amide bonds. The van der Waals surface area contributed by atoms with E-state index in [0.29, 0.717) is 11.4 Å². The molecule has 0 unspecified atom stereocenters. The van der Waals surface area contributed by atoms with Crippen molar-refractivity contribution in [3.8, 4) is 101 Å². The zero-order valence-electron chi connectivity index (χ0n) is 61.5. The van der Waals surface area contributed by atoms with Crippen LogP contribution >= 0.6 is 0 Å². The van der Waals surface area contributed by atoms with Crippen LogP contribution in [-0.2, 0) is 0 Å². The molecule has 7 heteroatoms. The lowest BCUT2D eigenvalue weighted by molar-refractivity contribution is 1.18. The number of hydrogen-bond donors (Lipinski definition) is 0. The third kappa shape index (κ3) is 11.1. The normalized spacial score (nSPS) is 11.7. The van der Waals surface area contributed by atoms with E-state index in [2.05, 4.69) is 338 Å². The lowest BCUT2D eigenvalue weighted by atomic mass is 9.89. The molecule has 18 aromatic carbocycles. The molecule has 0 aliphatic heterocycles. The van der Waals surface area contributed by atoms with Gasteiger partial charge in [-0.3, -0.25) is 9.97 Å². The topological polar surface area (TPSA) is 57.2 Å². The van der Waals surface area contributed by atoms with Crippen molar-refractivity contribution < 1.29 is 0 Å². The van der Waals surface area contributed by atoms with Gasteiger partial charge in [0.05, 0.1) is 41.1 Å². The molecule has 0 aliphatic rings. The Labute approximate surface area is 656 Å². The monoisotopic (exact) mass is 1450 g/mol. The number of nitrogens with zero attached hydrogens (tertiary/aromatic N) is 7. The Morgan fingerprint density at radius 1 is 0.228 bits per heavy atom. The van der Waals surface area contributed by atoms with Crippen LogP contribution < -0.4 is 0 Å². The smallest absolute Gasteiger partial charge is 0.189 e. The zero-order chi connectivity index (χ0) is 75.5. The minimum atomic E-state index is 0.640. The van der Waals surface area contributed by atoms with Gasteiger partial charge in [-0.15, -0.1) is 0 Å². The molecule has 23 aromatic rings. The minimum absolute atomic E-state index is 0.640. The molecule has 114 heavy (non-hydrogen) atoms. The van der Waals surface area contributed by atoms with Crippen LogP contribution in [0.3, 0.4) is 0 Å². The van der Waals surface area contributed by atoms with E-state index in [0.717, 1.165) is 105 Å². The van der Waals surface area contributed by atoms with Crippen LogP contribution in [-0.4, -0.2) is 24.1 Å². The van der Waals surface area contributed by atoms with Gasteiger partial charge < -0.3 is 9.13 Å². The molecule has 0 saturated carbocycles. The van der Waals surface area contributed by atoms with Gasteiger partial charge in [0.2, 0.25) is 0 Å². The maximum absolute atomic E-state index is 7.64. The SMILES string of the molecule is [C-]#[N+]c1ccc2c3ccc(-c4ccc(-c5cc6ccc7cc(-c8ccc(-c9cccc%10cccnc9%10)cc8)cc8ccc(c5)c6c78)cc4)cc3n(-c3ccccc3)c2c1.[C-]#[N+]c1ccc2c3ccc(-c4ccc(-c5cc6ccc7cc(-c8cccc(-c9ccncc9)n8)cc8ccc(c5)c6c78)cc4)cc3n(-c3ccccc3)c2c1. The Hall–Kier alpha value is -15.7. The van der Waals surface area contributed by atoms with Gasteiger partial charge in [-0.25, -0.2) is 14.7 Å². The highest BCUT2D eigenvalue weighted by molar-refractivity contribution is 6.26. The minimum Gasteiger partial charge on any atom is -0.310 e. The van der Waals surface area contributed by atoms with Crippen LogP contribution in [0.15, 0.2) is 383 Å². The number of benzene rings is 18. The third-order valence-electron chi connectivity index (χ3n) is 23.1. The molecule has 7 nitrogen and oxygen atoms in total. The zero-order valence-corrected chi connectivity index (χ0v) is 61.5. The molecule has 0 spiro atoms. The van der Waals surface area contributed by atoms with Crippen molar-refractivity contribution in [2.75, 3.05) is 0 Å². The molecule has 0 atom stereocenters. The van der Waals surface area contributed by atoms with E-state index < -0.39 is 0 Å². The molecule has 5 heterocycles. The first-order valence-corrected chi connectivity index (χ1v) is 38.4. The highest BCUT2D eigenvalue weighted by Crippen LogP contribution is 2.45. The van der Waals surface area contributed by atoms with Crippen LogP contribution in [0.4, 0.5) is 11.4 Å². The Morgan fingerprint density at radius 2 is 0.570 bits per heavy atom. The fourth-order valence-electron chi connectivity index (χ4n) is 17.7. The number of para-hydroxylation sites is 3. The first-order chi connectivity index (χ1) is 56.3. The van der Waals surface area contributed by atoms with Crippen LogP contribution in [0.5, 0.6) is 0 Å². The van der Waals surface area contributed by atoms with E-state index in [-0.39, 0.29) is 0 Å². The molecule has 0 bridgehead atoms. The van der Waals surface area contributed by atoms with Gasteiger partial charge in [0, 0.05) is 84.6 Å². The molecule has 0 radical (unpaired) electrons. The highest BCUT2D eigenvalue weighted by Gasteiger charge is 2.21. The summed E-state index contributed by atoms with van der Waals surface area (Å²) in [6.45, 7) is 15.3. The molecule has 0 aliphatic carbocycles. The van der Waals surface area contributed by atoms with Gasteiger partial charge in [-0.1, -0.05) is 237 Å². The van der Waals surface area contributed by atoms with Crippen molar-refractivity contribution in [1.82, 2.24) is 24.1 Å². The van der Waals surface area contributed by atoms with Gasteiger partial charge in [0.15, 0.2) is 11.4 Å². The Morgan fingerprint density at radius 3 is 0.982 bits per heavy atom. The third-order valence-corrected chi connectivity index (χ3v) is 23.1.